The van der Waals surface area contributed by atoms with Crippen LogP contribution >= 0.6 is 0 Å². The van der Waals surface area contributed by atoms with E-state index in [0.717, 1.165) is 13.0 Å². The molecule has 0 saturated carbocycles. The Balaban J connectivity index is 2.73. The van der Waals surface area contributed by atoms with E-state index in [2.05, 4.69) is 45.2 Å². The molecule has 0 aromatic heterocycles. The van der Waals surface area contributed by atoms with Crippen LogP contribution in [0.15, 0.2) is 23.4 Å². The maximum atomic E-state index is 5.77. The molecule has 0 amide bonds. The molecular formula is C11H24OSi3. The molecule has 0 saturated heterocycles. The van der Waals surface area contributed by atoms with Crippen LogP contribution in [-0.4, -0.2) is 38.1 Å². The first-order valence-corrected chi connectivity index (χ1v) is 17.0. The van der Waals surface area contributed by atoms with Crippen molar-refractivity contribution in [3.63, 3.8) is 0 Å². The number of allylic oxidation sites excluding steroid dienone is 2. The van der Waals surface area contributed by atoms with Gasteiger partial charge in [-0.2, -0.15) is 0 Å². The van der Waals surface area contributed by atoms with E-state index in [0.29, 0.717) is 0 Å². The fourth-order valence-corrected chi connectivity index (χ4v) is 9.14. The van der Waals surface area contributed by atoms with E-state index in [1.54, 1.807) is 5.20 Å². The number of ether oxygens (including phenoxy) is 1. The largest absolute Gasteiger partial charge is 0.371 e. The Morgan fingerprint density at radius 2 is 2.27 bits per heavy atom. The third-order valence-electron chi connectivity index (χ3n) is 3.48. The molecule has 0 spiro atoms. The Kier molecular flexibility index (Phi) is 4.34. The number of hydrogen-bond donors (Lipinski definition) is 0. The summed E-state index contributed by atoms with van der Waals surface area (Å²) in [4.78, 5) is 0. The van der Waals surface area contributed by atoms with Crippen LogP contribution in [-0.2, 0) is 4.74 Å². The quantitative estimate of drug-likeness (QED) is 0.678. The van der Waals surface area contributed by atoms with Crippen molar-refractivity contribution in [1.29, 1.82) is 0 Å². The Morgan fingerprint density at radius 3 is 2.67 bits per heavy atom. The molecule has 0 heterocycles. The normalized spacial score (nSPS) is 27.6. The third-order valence-corrected chi connectivity index (χ3v) is 29.6. The molecular weight excluding hydrogens is 232 g/mol. The lowest BCUT2D eigenvalue weighted by atomic mass is 9.97. The maximum Gasteiger partial charge on any atom is 0.0871 e. The molecule has 0 bridgehead atoms. The zero-order valence-corrected chi connectivity index (χ0v) is 15.2. The second-order valence-corrected chi connectivity index (χ2v) is 24.0. The van der Waals surface area contributed by atoms with Gasteiger partial charge in [0, 0.05) is 15.2 Å². The van der Waals surface area contributed by atoms with Gasteiger partial charge in [0.2, 0.25) is 0 Å². The van der Waals surface area contributed by atoms with Gasteiger partial charge < -0.3 is 4.74 Å². The molecule has 1 rings (SSSR count). The lowest BCUT2D eigenvalue weighted by Crippen LogP contribution is -2.39. The van der Waals surface area contributed by atoms with Gasteiger partial charge in [0.15, 0.2) is 0 Å². The maximum absolute atomic E-state index is 5.77. The molecule has 0 aromatic carbocycles. The highest BCUT2D eigenvalue weighted by molar-refractivity contribution is 7.41. The van der Waals surface area contributed by atoms with Gasteiger partial charge in [0.1, 0.15) is 0 Å². The standard InChI is InChI=1S/C11H24OSi3/c1-5-12-11(2)8-6-10(7-9-11)15(3,4)14-13/h6-8H,5,9,14H2,1-4,13H3. The summed E-state index contributed by atoms with van der Waals surface area (Å²) in [5.41, 5.74) is -0.0323. The van der Waals surface area contributed by atoms with Gasteiger partial charge in [-0.1, -0.05) is 36.5 Å². The summed E-state index contributed by atoms with van der Waals surface area (Å²) in [7, 11) is 0.789. The fourth-order valence-electron chi connectivity index (χ4n) is 1.86. The molecule has 86 valence electrons. The van der Waals surface area contributed by atoms with Crippen molar-refractivity contribution in [2.24, 2.45) is 0 Å². The van der Waals surface area contributed by atoms with Crippen LogP contribution in [0, 0.1) is 0 Å². The van der Waals surface area contributed by atoms with Gasteiger partial charge in [-0.25, -0.2) is 0 Å². The predicted molar refractivity (Wildman–Crippen MR) is 77.8 cm³/mol. The lowest BCUT2D eigenvalue weighted by molar-refractivity contribution is 0.0152. The SMILES string of the molecule is CCOC1(C)C=CC([Si](C)(C)[SiH2][SiH3])=CC1. The highest BCUT2D eigenvalue weighted by Gasteiger charge is 2.28. The molecule has 1 aliphatic carbocycles. The van der Waals surface area contributed by atoms with Crippen LogP contribution in [0.5, 0.6) is 0 Å². The summed E-state index contributed by atoms with van der Waals surface area (Å²) >= 11 is 0. The smallest absolute Gasteiger partial charge is 0.0871 e. The van der Waals surface area contributed by atoms with Gasteiger partial charge in [0.25, 0.3) is 0 Å². The minimum absolute atomic E-state index is 0.0323. The van der Waals surface area contributed by atoms with Gasteiger partial charge in [-0.05, 0) is 30.0 Å². The fraction of sp³-hybridized carbons (Fsp3) is 0.636. The molecule has 1 aliphatic rings. The van der Waals surface area contributed by atoms with Crippen LogP contribution < -0.4 is 0 Å². The van der Waals surface area contributed by atoms with Gasteiger partial charge in [-0.3, -0.25) is 0 Å². The molecule has 0 aliphatic heterocycles. The minimum Gasteiger partial charge on any atom is -0.371 e. The molecule has 1 nitrogen and oxygen atoms in total. The first-order valence-electron chi connectivity index (χ1n) is 5.97. The summed E-state index contributed by atoms with van der Waals surface area (Å²) in [5, 5.41) is 1.68. The van der Waals surface area contributed by atoms with Crippen LogP contribution in [0.25, 0.3) is 0 Å². The number of hydrogen-bond acceptors (Lipinski definition) is 1. The lowest BCUT2D eigenvalue weighted by Gasteiger charge is -2.31. The van der Waals surface area contributed by atoms with Crippen molar-refractivity contribution in [3.05, 3.63) is 23.4 Å². The highest BCUT2D eigenvalue weighted by atomic mass is 29.5. The molecule has 15 heavy (non-hydrogen) atoms. The van der Waals surface area contributed by atoms with Crippen molar-refractivity contribution in [2.75, 3.05) is 6.61 Å². The zero-order chi connectivity index (χ0) is 11.5. The average molecular weight is 257 g/mol. The summed E-state index contributed by atoms with van der Waals surface area (Å²) in [6, 6.07) is 0. The highest BCUT2D eigenvalue weighted by Crippen LogP contribution is 2.28. The summed E-state index contributed by atoms with van der Waals surface area (Å²) < 4.78 is 5.77. The molecule has 1 atom stereocenters. The van der Waals surface area contributed by atoms with E-state index in [-0.39, 0.29) is 14.2 Å². The summed E-state index contributed by atoms with van der Waals surface area (Å²) in [6.45, 7) is 10.1. The van der Waals surface area contributed by atoms with E-state index < -0.39 is 7.59 Å². The molecule has 4 heteroatoms. The van der Waals surface area contributed by atoms with Gasteiger partial charge >= 0.3 is 0 Å². The van der Waals surface area contributed by atoms with Crippen molar-refractivity contribution < 1.29 is 4.74 Å². The van der Waals surface area contributed by atoms with Gasteiger partial charge in [0.05, 0.1) is 13.2 Å². The molecule has 1 unspecified atom stereocenters. The molecule has 0 aromatic rings. The minimum atomic E-state index is -0.943. The second kappa shape index (κ2) is 4.95. The number of rotatable bonds is 4. The van der Waals surface area contributed by atoms with Crippen molar-refractivity contribution in [2.45, 2.75) is 39.0 Å². The molecule has 0 radical (unpaired) electrons. The van der Waals surface area contributed by atoms with Crippen LogP contribution in [0.4, 0.5) is 0 Å². The van der Waals surface area contributed by atoms with E-state index in [1.807, 2.05) is 0 Å². The Labute approximate surface area is 99.8 Å². The van der Waals surface area contributed by atoms with E-state index >= 15 is 0 Å². The van der Waals surface area contributed by atoms with E-state index in [4.69, 9.17) is 4.74 Å². The third kappa shape index (κ3) is 3.27. The molecule has 0 N–H and O–H groups in total. The first kappa shape index (κ1) is 13.2. The van der Waals surface area contributed by atoms with Crippen LogP contribution in [0.3, 0.4) is 0 Å². The Hall–Kier alpha value is 0.0906. The Bertz CT molecular complexity index is 284. The molecule has 0 fully saturated rings. The first-order chi connectivity index (χ1) is 6.93. The van der Waals surface area contributed by atoms with E-state index in [9.17, 15) is 0 Å². The van der Waals surface area contributed by atoms with Crippen molar-refractivity contribution in [1.82, 2.24) is 0 Å². The van der Waals surface area contributed by atoms with Crippen LogP contribution in [0.2, 0.25) is 13.1 Å². The van der Waals surface area contributed by atoms with Crippen molar-refractivity contribution in [3.8, 4) is 0 Å². The van der Waals surface area contributed by atoms with Gasteiger partial charge in [-0.15, -0.1) is 0 Å². The topological polar surface area (TPSA) is 9.23 Å². The monoisotopic (exact) mass is 256 g/mol. The second-order valence-electron chi connectivity index (χ2n) is 5.18. The average Bonchev–Trinajstić information content (AvgIpc) is 2.18. The zero-order valence-electron chi connectivity index (χ0n) is 10.8. The van der Waals surface area contributed by atoms with E-state index in [1.165, 1.54) is 9.76 Å². The summed E-state index contributed by atoms with van der Waals surface area (Å²) in [5.74, 6) is 0. The summed E-state index contributed by atoms with van der Waals surface area (Å²) in [6.07, 6.45) is 8.16. The predicted octanol–water partition coefficient (Wildman–Crippen LogP) is 0.861. The van der Waals surface area contributed by atoms with Crippen molar-refractivity contribution >= 4 is 25.9 Å². The van der Waals surface area contributed by atoms with Crippen LogP contribution in [0.1, 0.15) is 20.3 Å². The Morgan fingerprint density at radius 1 is 1.60 bits per heavy atom.